The van der Waals surface area contributed by atoms with Gasteiger partial charge in [-0.15, -0.1) is 11.3 Å². The van der Waals surface area contributed by atoms with Crippen molar-refractivity contribution < 1.29 is 9.32 Å². The lowest BCUT2D eigenvalue weighted by Gasteiger charge is -2.14. The fourth-order valence-corrected chi connectivity index (χ4v) is 4.80. The zero-order chi connectivity index (χ0) is 18.4. The lowest BCUT2D eigenvalue weighted by molar-refractivity contribution is 0.112. The molecule has 4 aromatic rings. The van der Waals surface area contributed by atoms with Crippen molar-refractivity contribution in [2.24, 2.45) is 0 Å². The molecule has 0 unspecified atom stereocenters. The van der Waals surface area contributed by atoms with Crippen LogP contribution < -0.4 is 0 Å². The second-order valence-electron chi connectivity index (χ2n) is 6.68. The molecule has 4 nitrogen and oxygen atoms in total. The molecule has 0 N–H and O–H groups in total. The predicted molar refractivity (Wildman–Crippen MR) is 106 cm³/mol. The summed E-state index contributed by atoms with van der Waals surface area (Å²) in [5.74, 6) is 0.735. The van der Waals surface area contributed by atoms with Crippen LogP contribution in [0.2, 0.25) is 0 Å². The van der Waals surface area contributed by atoms with Gasteiger partial charge in [0.05, 0.1) is 10.6 Å². The van der Waals surface area contributed by atoms with Gasteiger partial charge in [-0.3, -0.25) is 4.79 Å². The van der Waals surface area contributed by atoms with Crippen LogP contribution in [-0.2, 0) is 12.8 Å². The van der Waals surface area contributed by atoms with Crippen molar-refractivity contribution in [3.63, 3.8) is 0 Å². The molecular weight excluding hydrogens is 356 g/mol. The molecule has 0 saturated carbocycles. The number of benzene rings is 2. The highest BCUT2D eigenvalue weighted by Gasteiger charge is 2.25. The summed E-state index contributed by atoms with van der Waals surface area (Å²) in [6.07, 6.45) is 2.68. The summed E-state index contributed by atoms with van der Waals surface area (Å²) in [5, 5.41) is 5.15. The van der Waals surface area contributed by atoms with E-state index in [1.165, 1.54) is 16.0 Å². The highest BCUT2D eigenvalue weighted by Crippen LogP contribution is 2.42. The van der Waals surface area contributed by atoms with Gasteiger partial charge in [0.15, 0.2) is 10.8 Å². The van der Waals surface area contributed by atoms with Gasteiger partial charge in [0, 0.05) is 16.7 Å². The first-order valence-corrected chi connectivity index (χ1v) is 9.66. The number of fused-ring (bicyclic) bond motifs is 3. The average molecular weight is 372 g/mol. The molecule has 5 heteroatoms. The van der Waals surface area contributed by atoms with Crippen LogP contribution in [0.15, 0.2) is 53.1 Å². The molecule has 1 aliphatic carbocycles. The summed E-state index contributed by atoms with van der Waals surface area (Å²) in [6.45, 7) is 2.03. The predicted octanol–water partition coefficient (Wildman–Crippen LogP) is 5.35. The standard InChI is InChI=1S/C22H16N2O2S/c1-13-19(15-5-3-2-4-6-15)24-26-20(13)22-23-18-10-8-16-11-14(12-25)7-9-17(16)21(18)27-22/h2-7,9,11-12H,8,10H2,1H3. The molecule has 0 fully saturated rings. The van der Waals surface area contributed by atoms with Crippen molar-refractivity contribution in [2.45, 2.75) is 19.8 Å². The van der Waals surface area contributed by atoms with Crippen molar-refractivity contribution in [1.29, 1.82) is 0 Å². The minimum Gasteiger partial charge on any atom is -0.353 e. The summed E-state index contributed by atoms with van der Waals surface area (Å²) in [7, 11) is 0. The molecule has 5 rings (SSSR count). The van der Waals surface area contributed by atoms with Crippen LogP contribution in [0, 0.1) is 6.92 Å². The maximum Gasteiger partial charge on any atom is 0.198 e. The molecule has 2 heterocycles. The van der Waals surface area contributed by atoms with Crippen LogP contribution in [-0.4, -0.2) is 16.4 Å². The fraction of sp³-hybridized carbons (Fsp3) is 0.136. The molecule has 132 valence electrons. The summed E-state index contributed by atoms with van der Waals surface area (Å²) < 4.78 is 5.69. The Morgan fingerprint density at radius 1 is 1.11 bits per heavy atom. The van der Waals surface area contributed by atoms with E-state index in [1.807, 2.05) is 55.5 Å². The number of aryl methyl sites for hydroxylation is 2. The molecule has 2 aromatic heterocycles. The van der Waals surface area contributed by atoms with E-state index in [0.29, 0.717) is 0 Å². The van der Waals surface area contributed by atoms with Crippen molar-refractivity contribution >= 4 is 17.6 Å². The Morgan fingerprint density at radius 2 is 1.96 bits per heavy atom. The van der Waals surface area contributed by atoms with Gasteiger partial charge in [-0.2, -0.15) is 0 Å². The van der Waals surface area contributed by atoms with Gasteiger partial charge in [-0.05, 0) is 37.0 Å². The lowest BCUT2D eigenvalue weighted by Crippen LogP contribution is -2.03. The number of carbonyl (C=O) groups excluding carboxylic acids is 1. The molecule has 1 aliphatic rings. The van der Waals surface area contributed by atoms with Gasteiger partial charge in [-0.1, -0.05) is 47.6 Å². The molecule has 2 aromatic carbocycles. The Hall–Kier alpha value is -3.05. The highest BCUT2D eigenvalue weighted by atomic mass is 32.1. The number of carbonyl (C=O) groups is 1. The van der Waals surface area contributed by atoms with E-state index in [2.05, 4.69) is 5.16 Å². The Bertz CT molecular complexity index is 1160. The summed E-state index contributed by atoms with van der Waals surface area (Å²) >= 11 is 1.63. The van der Waals surface area contributed by atoms with Crippen molar-refractivity contribution in [2.75, 3.05) is 0 Å². The number of hydrogen-bond acceptors (Lipinski definition) is 5. The van der Waals surface area contributed by atoms with E-state index >= 15 is 0 Å². The molecular formula is C22H16N2O2S. The number of hydrogen-bond donors (Lipinski definition) is 0. The molecule has 0 radical (unpaired) electrons. The number of aromatic nitrogens is 2. The molecule has 0 spiro atoms. The summed E-state index contributed by atoms with van der Waals surface area (Å²) in [6, 6.07) is 15.9. The third kappa shape index (κ3) is 2.62. The van der Waals surface area contributed by atoms with E-state index in [-0.39, 0.29) is 0 Å². The van der Waals surface area contributed by atoms with E-state index in [4.69, 9.17) is 9.51 Å². The second kappa shape index (κ2) is 6.28. The van der Waals surface area contributed by atoms with Crippen LogP contribution in [0.3, 0.4) is 0 Å². The Labute approximate surface area is 160 Å². The van der Waals surface area contributed by atoms with Gasteiger partial charge >= 0.3 is 0 Å². The van der Waals surface area contributed by atoms with E-state index in [9.17, 15) is 4.79 Å². The van der Waals surface area contributed by atoms with Crippen LogP contribution in [0.5, 0.6) is 0 Å². The quantitative estimate of drug-likeness (QED) is 0.455. The minimum atomic E-state index is 0.723. The largest absolute Gasteiger partial charge is 0.353 e. The van der Waals surface area contributed by atoms with E-state index < -0.39 is 0 Å². The minimum absolute atomic E-state index is 0.723. The van der Waals surface area contributed by atoms with Gasteiger partial charge in [0.1, 0.15) is 12.0 Å². The third-order valence-corrected chi connectivity index (χ3v) is 6.13. The molecule has 0 atom stereocenters. The maximum absolute atomic E-state index is 11.1. The van der Waals surface area contributed by atoms with E-state index in [1.54, 1.807) is 11.3 Å². The molecule has 27 heavy (non-hydrogen) atoms. The van der Waals surface area contributed by atoms with Gasteiger partial charge in [-0.25, -0.2) is 4.98 Å². The molecule has 0 amide bonds. The zero-order valence-electron chi connectivity index (χ0n) is 14.7. The van der Waals surface area contributed by atoms with Crippen LogP contribution >= 0.6 is 11.3 Å². The van der Waals surface area contributed by atoms with Crippen molar-refractivity contribution in [1.82, 2.24) is 10.1 Å². The molecule has 0 aliphatic heterocycles. The average Bonchev–Trinajstić information content (AvgIpc) is 3.31. The first-order valence-electron chi connectivity index (χ1n) is 8.85. The topological polar surface area (TPSA) is 56.0 Å². The highest BCUT2D eigenvalue weighted by molar-refractivity contribution is 7.18. The second-order valence-corrected chi connectivity index (χ2v) is 7.68. The first-order chi connectivity index (χ1) is 13.2. The number of thiazole rings is 1. The first kappa shape index (κ1) is 16.1. The smallest absolute Gasteiger partial charge is 0.198 e. The van der Waals surface area contributed by atoms with Gasteiger partial charge < -0.3 is 4.52 Å². The Kier molecular flexibility index (Phi) is 3.76. The third-order valence-electron chi connectivity index (χ3n) is 5.00. The monoisotopic (exact) mass is 372 g/mol. The van der Waals surface area contributed by atoms with Crippen molar-refractivity contribution in [3.8, 4) is 32.5 Å². The van der Waals surface area contributed by atoms with Crippen LogP contribution in [0.1, 0.15) is 27.2 Å². The maximum atomic E-state index is 11.1. The number of aldehydes is 1. The number of rotatable bonds is 3. The summed E-state index contributed by atoms with van der Waals surface area (Å²) in [4.78, 5) is 17.1. The van der Waals surface area contributed by atoms with E-state index in [0.717, 1.165) is 58.0 Å². The number of nitrogens with zero attached hydrogens (tertiary/aromatic N) is 2. The zero-order valence-corrected chi connectivity index (χ0v) is 15.5. The van der Waals surface area contributed by atoms with Crippen LogP contribution in [0.4, 0.5) is 0 Å². The fourth-order valence-electron chi connectivity index (χ4n) is 3.60. The molecule has 0 saturated heterocycles. The Balaban J connectivity index is 1.58. The normalized spacial score (nSPS) is 12.5. The SMILES string of the molecule is Cc1c(-c2ccccc2)noc1-c1nc2c(s1)-c1ccc(C=O)cc1CC2. The Morgan fingerprint density at radius 3 is 2.78 bits per heavy atom. The van der Waals surface area contributed by atoms with Gasteiger partial charge in [0.2, 0.25) is 0 Å². The van der Waals surface area contributed by atoms with Crippen LogP contribution in [0.25, 0.3) is 32.5 Å². The van der Waals surface area contributed by atoms with Crippen molar-refractivity contribution in [3.05, 3.63) is 70.9 Å². The molecule has 0 bridgehead atoms. The van der Waals surface area contributed by atoms with Gasteiger partial charge in [0.25, 0.3) is 0 Å². The summed E-state index contributed by atoms with van der Waals surface area (Å²) in [5.41, 5.74) is 7.10. The lowest BCUT2D eigenvalue weighted by atomic mass is 9.92.